The van der Waals surface area contributed by atoms with Crippen LogP contribution >= 0.6 is 34.7 Å². The van der Waals surface area contributed by atoms with Crippen molar-refractivity contribution < 1.29 is 9.53 Å². The summed E-state index contributed by atoms with van der Waals surface area (Å²) in [5.74, 6) is 1.50. The molecule has 0 aliphatic rings. The predicted octanol–water partition coefficient (Wildman–Crippen LogP) is 5.64. The Kier molecular flexibility index (Phi) is 6.50. The number of benzene rings is 1. The minimum Gasteiger partial charge on any atom is -0.496 e. The van der Waals surface area contributed by atoms with Gasteiger partial charge in [-0.1, -0.05) is 29.4 Å². The van der Waals surface area contributed by atoms with E-state index in [0.717, 1.165) is 29.1 Å². The summed E-state index contributed by atoms with van der Waals surface area (Å²) in [5.41, 5.74) is 3.52. The Labute approximate surface area is 193 Å². The molecule has 31 heavy (non-hydrogen) atoms. The molecule has 4 aromatic rings. The van der Waals surface area contributed by atoms with E-state index in [-0.39, 0.29) is 11.5 Å². The van der Waals surface area contributed by atoms with E-state index in [1.165, 1.54) is 16.6 Å². The Bertz CT molecular complexity index is 1210. The normalized spacial score (nSPS) is 11.1. The molecule has 160 valence electrons. The second-order valence-electron chi connectivity index (χ2n) is 6.97. The summed E-state index contributed by atoms with van der Waals surface area (Å²) in [7, 11) is 1.59. The highest BCUT2D eigenvalue weighted by Crippen LogP contribution is 2.31. The van der Waals surface area contributed by atoms with Crippen LogP contribution in [-0.4, -0.2) is 38.4 Å². The van der Waals surface area contributed by atoms with Crippen molar-refractivity contribution in [2.75, 3.05) is 12.9 Å². The maximum absolute atomic E-state index is 12.9. The molecule has 0 saturated carbocycles. The smallest absolute Gasteiger partial charge is 0.209 e. The summed E-state index contributed by atoms with van der Waals surface area (Å²) in [6.07, 6.45) is 0. The van der Waals surface area contributed by atoms with Crippen LogP contribution in [0.3, 0.4) is 0 Å². The Morgan fingerprint density at radius 2 is 2.13 bits per heavy atom. The van der Waals surface area contributed by atoms with Crippen molar-refractivity contribution in [3.8, 4) is 17.1 Å². The van der Waals surface area contributed by atoms with Crippen LogP contribution in [-0.2, 0) is 6.54 Å². The number of rotatable bonds is 8. The number of carbonyl (C=O) groups is 1. The van der Waals surface area contributed by atoms with E-state index in [2.05, 4.69) is 31.2 Å². The molecule has 1 aromatic carbocycles. The fourth-order valence-corrected chi connectivity index (χ4v) is 4.94. The molecule has 0 unspecified atom stereocenters. The standard InChI is InChI=1S/C22H21ClN4O2S2/c1-13-9-17(14(2)27(13)11-16-5-4-8-30-16)19(28)12-31-22-24-21(25-26-22)18-10-15(23)6-7-20(18)29-3/h4-10H,11-12H2,1-3H3,(H,24,25,26). The summed E-state index contributed by atoms with van der Waals surface area (Å²) in [6, 6.07) is 11.4. The Morgan fingerprint density at radius 3 is 2.87 bits per heavy atom. The second-order valence-corrected chi connectivity index (χ2v) is 9.38. The molecule has 0 fully saturated rings. The van der Waals surface area contributed by atoms with Crippen LogP contribution in [0.1, 0.15) is 26.6 Å². The first-order valence-electron chi connectivity index (χ1n) is 9.57. The van der Waals surface area contributed by atoms with Gasteiger partial charge in [-0.25, -0.2) is 4.98 Å². The largest absolute Gasteiger partial charge is 0.496 e. The first kappa shape index (κ1) is 21.7. The highest BCUT2D eigenvalue weighted by atomic mass is 35.5. The number of nitrogens with one attached hydrogen (secondary N) is 1. The van der Waals surface area contributed by atoms with Crippen LogP contribution in [0, 0.1) is 13.8 Å². The molecule has 3 aromatic heterocycles. The number of ketones is 1. The van der Waals surface area contributed by atoms with Crippen LogP contribution < -0.4 is 4.74 Å². The van der Waals surface area contributed by atoms with Gasteiger partial charge in [-0.15, -0.1) is 16.4 Å². The van der Waals surface area contributed by atoms with Crippen LogP contribution in [0.25, 0.3) is 11.4 Å². The first-order valence-corrected chi connectivity index (χ1v) is 11.8. The van der Waals surface area contributed by atoms with Gasteiger partial charge < -0.3 is 9.30 Å². The number of aryl methyl sites for hydroxylation is 1. The number of carbonyl (C=O) groups excluding carboxylic acids is 1. The maximum Gasteiger partial charge on any atom is 0.209 e. The van der Waals surface area contributed by atoms with Crippen molar-refractivity contribution in [2.24, 2.45) is 0 Å². The third-order valence-corrected chi connectivity index (χ3v) is 6.93. The monoisotopic (exact) mass is 472 g/mol. The number of aromatic nitrogens is 4. The zero-order valence-corrected chi connectivity index (χ0v) is 19.7. The summed E-state index contributed by atoms with van der Waals surface area (Å²) in [5, 5.41) is 10.3. The third kappa shape index (κ3) is 4.71. The van der Waals surface area contributed by atoms with Gasteiger partial charge in [-0.2, -0.15) is 0 Å². The molecule has 0 aliphatic heterocycles. The van der Waals surface area contributed by atoms with Gasteiger partial charge in [-0.05, 0) is 49.6 Å². The Morgan fingerprint density at radius 1 is 1.29 bits per heavy atom. The van der Waals surface area contributed by atoms with Crippen LogP contribution in [0.2, 0.25) is 5.02 Å². The summed E-state index contributed by atoms with van der Waals surface area (Å²) < 4.78 is 7.56. The topological polar surface area (TPSA) is 72.8 Å². The minimum atomic E-state index is 0.0576. The van der Waals surface area contributed by atoms with E-state index in [1.807, 2.05) is 26.0 Å². The number of H-pyrrole nitrogens is 1. The molecule has 0 spiro atoms. The average molecular weight is 473 g/mol. The van der Waals surface area contributed by atoms with Crippen molar-refractivity contribution in [3.63, 3.8) is 0 Å². The van der Waals surface area contributed by atoms with Crippen LogP contribution in [0.15, 0.2) is 46.9 Å². The van der Waals surface area contributed by atoms with Gasteiger partial charge in [-0.3, -0.25) is 9.89 Å². The minimum absolute atomic E-state index is 0.0576. The lowest BCUT2D eigenvalue weighted by Gasteiger charge is -2.08. The predicted molar refractivity (Wildman–Crippen MR) is 126 cm³/mol. The van der Waals surface area contributed by atoms with Crippen LogP contribution in [0.5, 0.6) is 5.75 Å². The number of nitrogens with zero attached hydrogens (tertiary/aromatic N) is 3. The molecule has 0 atom stereocenters. The number of methoxy groups -OCH3 is 1. The van der Waals surface area contributed by atoms with Crippen molar-refractivity contribution in [3.05, 3.63) is 68.6 Å². The van der Waals surface area contributed by atoms with E-state index >= 15 is 0 Å². The van der Waals surface area contributed by atoms with E-state index in [4.69, 9.17) is 16.3 Å². The van der Waals surface area contributed by atoms with Crippen molar-refractivity contribution >= 4 is 40.5 Å². The SMILES string of the molecule is COc1ccc(Cl)cc1-c1nc(SCC(=O)c2cc(C)n(Cc3cccs3)c2C)n[nH]1. The van der Waals surface area contributed by atoms with E-state index in [9.17, 15) is 4.79 Å². The quantitative estimate of drug-likeness (QED) is 0.265. The van der Waals surface area contributed by atoms with Gasteiger partial charge in [0.25, 0.3) is 0 Å². The number of Topliss-reactive ketones (excluding diaryl/α,β-unsaturated/α-hetero) is 1. The Hall–Kier alpha value is -2.55. The lowest BCUT2D eigenvalue weighted by molar-refractivity contribution is 0.102. The molecule has 4 rings (SSSR count). The van der Waals surface area contributed by atoms with E-state index < -0.39 is 0 Å². The van der Waals surface area contributed by atoms with Gasteiger partial charge in [0.05, 0.1) is 25.0 Å². The number of ether oxygens (including phenoxy) is 1. The molecule has 9 heteroatoms. The fraction of sp³-hybridized carbons (Fsp3) is 0.227. The van der Waals surface area contributed by atoms with Crippen molar-refractivity contribution in [2.45, 2.75) is 25.5 Å². The molecule has 6 nitrogen and oxygen atoms in total. The molecule has 0 saturated heterocycles. The van der Waals surface area contributed by atoms with Gasteiger partial charge in [0.1, 0.15) is 5.75 Å². The number of hydrogen-bond acceptors (Lipinski definition) is 6. The average Bonchev–Trinajstić information content (AvgIpc) is 3.50. The zero-order chi connectivity index (χ0) is 22.0. The van der Waals surface area contributed by atoms with Crippen molar-refractivity contribution in [1.82, 2.24) is 19.7 Å². The summed E-state index contributed by atoms with van der Waals surface area (Å²) in [4.78, 5) is 18.7. The highest BCUT2D eigenvalue weighted by Gasteiger charge is 2.18. The maximum atomic E-state index is 12.9. The lowest BCUT2D eigenvalue weighted by Crippen LogP contribution is -2.07. The third-order valence-electron chi connectivity index (χ3n) is 4.98. The van der Waals surface area contributed by atoms with E-state index in [1.54, 1.807) is 36.6 Å². The number of hydrogen-bond donors (Lipinski definition) is 1. The molecule has 0 bridgehead atoms. The van der Waals surface area contributed by atoms with Gasteiger partial charge in [0.2, 0.25) is 5.16 Å². The fourth-order valence-electron chi connectivity index (χ4n) is 3.39. The molecule has 1 N–H and O–H groups in total. The van der Waals surface area contributed by atoms with Gasteiger partial charge in [0.15, 0.2) is 11.6 Å². The van der Waals surface area contributed by atoms with Gasteiger partial charge >= 0.3 is 0 Å². The number of thioether (sulfide) groups is 1. The number of halogens is 1. The Balaban J connectivity index is 1.46. The number of aromatic amines is 1. The second kappa shape index (κ2) is 9.30. The van der Waals surface area contributed by atoms with Gasteiger partial charge in [0, 0.05) is 26.9 Å². The molecule has 0 aliphatic carbocycles. The molecule has 3 heterocycles. The zero-order valence-electron chi connectivity index (χ0n) is 17.3. The summed E-state index contributed by atoms with van der Waals surface area (Å²) >= 11 is 9.13. The molecule has 0 amide bonds. The first-order chi connectivity index (χ1) is 15.0. The van der Waals surface area contributed by atoms with E-state index in [0.29, 0.717) is 21.8 Å². The number of thiophene rings is 1. The molecular weight excluding hydrogens is 452 g/mol. The lowest BCUT2D eigenvalue weighted by atomic mass is 10.2. The highest BCUT2D eigenvalue weighted by molar-refractivity contribution is 7.99. The van der Waals surface area contributed by atoms with Crippen LogP contribution in [0.4, 0.5) is 0 Å². The molecule has 0 radical (unpaired) electrons. The summed E-state index contributed by atoms with van der Waals surface area (Å²) in [6.45, 7) is 4.81. The molecular formula is C22H21ClN4O2S2. The van der Waals surface area contributed by atoms with Crippen molar-refractivity contribution in [1.29, 1.82) is 0 Å².